The van der Waals surface area contributed by atoms with Crippen LogP contribution in [0, 0.1) is 6.92 Å². The van der Waals surface area contributed by atoms with Crippen molar-refractivity contribution in [2.24, 2.45) is 0 Å². The van der Waals surface area contributed by atoms with Gasteiger partial charge in [-0.1, -0.05) is 35.9 Å². The van der Waals surface area contributed by atoms with Gasteiger partial charge < -0.3 is 114 Å². The Hall–Kier alpha value is -3.70. The van der Waals surface area contributed by atoms with E-state index in [4.69, 9.17) is 114 Å². The van der Waals surface area contributed by atoms with Gasteiger partial charge in [0.15, 0.2) is 18.1 Å². The molecule has 0 fully saturated rings. The highest BCUT2D eigenvalue weighted by Crippen LogP contribution is 2.46. The predicted molar refractivity (Wildman–Crippen MR) is 361 cm³/mol. The zero-order valence-corrected chi connectivity index (χ0v) is 58.5. The van der Waals surface area contributed by atoms with Crippen LogP contribution in [0.25, 0.3) is 0 Å². The second-order valence-electron chi connectivity index (χ2n) is 21.4. The molecule has 0 radical (unpaired) electrons. The number of fused-ring (bicyclic) bond motifs is 1. The van der Waals surface area contributed by atoms with Crippen LogP contribution in [-0.4, -0.2) is 335 Å². The number of allylic oxidation sites excluding steroid dienone is 4. The van der Waals surface area contributed by atoms with Gasteiger partial charge in [-0.3, -0.25) is 0 Å². The summed E-state index contributed by atoms with van der Waals surface area (Å²) in [4.78, 5) is 3.31. The fourth-order valence-electron chi connectivity index (χ4n) is 8.49. The Labute approximate surface area is 572 Å². The van der Waals surface area contributed by atoms with E-state index in [9.17, 15) is 0 Å². The number of nitrogens with zero attached hydrogens (tertiary/aromatic N) is 1. The van der Waals surface area contributed by atoms with Gasteiger partial charge in [-0.25, -0.2) is 4.99 Å². The van der Waals surface area contributed by atoms with Crippen molar-refractivity contribution in [3.8, 4) is 0 Å². The fraction of sp³-hybridized carbons (Fsp3) is 0.743. The third-order valence-corrected chi connectivity index (χ3v) is 13.5. The molecule has 0 saturated carbocycles. The van der Waals surface area contributed by atoms with Crippen molar-refractivity contribution < 1.29 is 123 Å². The number of hydrogen-bond donors (Lipinski definition) is 1. The topological polar surface area (TPSA) is 238 Å². The van der Waals surface area contributed by atoms with Gasteiger partial charge in [-0.05, 0) is 26.8 Å². The molecule has 2 aromatic carbocycles. The molecule has 26 nitrogen and oxygen atoms in total. The van der Waals surface area contributed by atoms with Crippen LogP contribution in [0.15, 0.2) is 72.5 Å². The van der Waals surface area contributed by atoms with E-state index in [1.54, 1.807) is 7.11 Å². The molecule has 552 valence electrons. The molecular formula is C70H120N2O24+2. The van der Waals surface area contributed by atoms with Crippen molar-refractivity contribution in [2.75, 3.05) is 318 Å². The summed E-state index contributed by atoms with van der Waals surface area (Å²) in [6, 6.07) is 16.7. The van der Waals surface area contributed by atoms with E-state index >= 15 is 0 Å². The Balaban J connectivity index is 0.901. The molecule has 0 saturated heterocycles. The second-order valence-corrected chi connectivity index (χ2v) is 21.4. The minimum Gasteiger partial charge on any atom is -0.382 e. The molecule has 0 unspecified atom stereocenters. The van der Waals surface area contributed by atoms with E-state index in [2.05, 4.69) is 66.9 Å². The van der Waals surface area contributed by atoms with E-state index in [1.807, 2.05) is 42.6 Å². The van der Waals surface area contributed by atoms with Crippen LogP contribution in [0.2, 0.25) is 0 Å². The third kappa shape index (κ3) is 51.5. The van der Waals surface area contributed by atoms with E-state index < -0.39 is 0 Å². The average molecular weight is 1370 g/mol. The van der Waals surface area contributed by atoms with Gasteiger partial charge in [0.2, 0.25) is 11.4 Å². The summed E-state index contributed by atoms with van der Waals surface area (Å²) in [5, 5.41) is 0. The molecule has 3 rings (SSSR count). The summed E-state index contributed by atoms with van der Waals surface area (Å²) in [6.07, 6.45) is 10.3. The Morgan fingerprint density at radius 1 is 0.323 bits per heavy atom. The molecule has 0 bridgehead atoms. The lowest BCUT2D eigenvalue weighted by molar-refractivity contribution is -0.378. The van der Waals surface area contributed by atoms with Crippen molar-refractivity contribution in [3.05, 3.63) is 83.6 Å². The zero-order valence-electron chi connectivity index (χ0n) is 58.5. The molecule has 0 atom stereocenters. The van der Waals surface area contributed by atoms with Crippen LogP contribution in [0.5, 0.6) is 0 Å². The number of aryl methyl sites for hydroxylation is 1. The van der Waals surface area contributed by atoms with Gasteiger partial charge in [-0.2, -0.15) is 4.58 Å². The van der Waals surface area contributed by atoms with Crippen molar-refractivity contribution in [3.63, 3.8) is 0 Å². The smallest absolute Gasteiger partial charge is 0.215 e. The first-order chi connectivity index (χ1) is 47.5. The minimum absolute atomic E-state index is 0.166. The molecule has 1 heterocycles. The number of benzene rings is 2. The summed E-state index contributed by atoms with van der Waals surface area (Å²) < 4.78 is 135. The van der Waals surface area contributed by atoms with Crippen molar-refractivity contribution in [2.45, 2.75) is 26.2 Å². The highest BCUT2D eigenvalue weighted by Gasteiger charge is 2.45. The molecule has 0 aliphatic carbocycles. The molecule has 1 aliphatic rings. The van der Waals surface area contributed by atoms with Gasteiger partial charge >= 0.3 is 0 Å². The summed E-state index contributed by atoms with van der Waals surface area (Å²) in [6.45, 7) is 29.9. The molecule has 0 aromatic heterocycles. The lowest BCUT2D eigenvalue weighted by Gasteiger charge is -2.14. The number of rotatable bonds is 74. The first-order valence-corrected chi connectivity index (χ1v) is 34.1. The quantitative estimate of drug-likeness (QED) is 0.0560. The van der Waals surface area contributed by atoms with Crippen LogP contribution >= 0.6 is 0 Å². The Morgan fingerprint density at radius 3 is 0.854 bits per heavy atom. The second kappa shape index (κ2) is 67.1. The maximum absolute atomic E-state index is 5.95. The van der Waals surface area contributed by atoms with Crippen LogP contribution in [0.3, 0.4) is 0 Å². The van der Waals surface area contributed by atoms with Gasteiger partial charge in [0.1, 0.15) is 6.61 Å². The fourth-order valence-corrected chi connectivity index (χ4v) is 8.49. The monoisotopic (exact) mass is 1370 g/mol. The largest absolute Gasteiger partial charge is 0.382 e. The first-order valence-electron chi connectivity index (χ1n) is 34.1. The molecule has 2 aromatic rings. The molecule has 0 spiro atoms. The number of methoxy groups -OCH3 is 1. The first kappa shape index (κ1) is 86.5. The summed E-state index contributed by atoms with van der Waals surface area (Å²) in [5.74, 6) is 0. The third-order valence-electron chi connectivity index (χ3n) is 13.5. The van der Waals surface area contributed by atoms with Crippen molar-refractivity contribution in [1.82, 2.24) is 0 Å². The van der Waals surface area contributed by atoms with Crippen molar-refractivity contribution in [1.29, 1.82) is 0 Å². The van der Waals surface area contributed by atoms with Gasteiger partial charge in [0.05, 0.1) is 309 Å². The molecular weight excluding hydrogens is 1250 g/mol. The minimum atomic E-state index is -0.166. The van der Waals surface area contributed by atoms with Crippen LogP contribution in [-0.2, 0) is 119 Å². The summed E-state index contributed by atoms with van der Waals surface area (Å²) in [7, 11) is 1.64. The normalized spacial score (nSPS) is 13.9. The average Bonchev–Trinajstić information content (AvgIpc) is 1.60. The van der Waals surface area contributed by atoms with Crippen LogP contribution < -0.4 is 4.99 Å². The van der Waals surface area contributed by atoms with Gasteiger partial charge in [0.25, 0.3) is 0 Å². The Bertz CT molecular complexity index is 2130. The molecule has 1 aliphatic heterocycles. The zero-order chi connectivity index (χ0) is 68.1. The molecule has 0 amide bonds. The maximum atomic E-state index is 5.95. The predicted octanol–water partition coefficient (Wildman–Crippen LogP) is 3.95. The lowest BCUT2D eigenvalue weighted by atomic mass is 9.83. The van der Waals surface area contributed by atoms with E-state index in [-0.39, 0.29) is 5.41 Å². The standard InChI is InChI=1S/C70H119N2O24/c1-65-13-14-68-67(64-65)70(2,3)69(12-8-9-15-71-66-10-6-5-7-11-66)72(68)16-17-74-20-21-76-24-25-78-28-29-80-32-33-82-36-37-84-40-41-86-44-45-88-48-49-90-52-53-92-56-57-94-60-61-96-63-62-95-59-58-93-55-54-91-51-50-89-47-46-87-43-42-85-39-38-83-35-34-81-31-30-79-27-26-77-23-22-75-19-18-73-4/h5-16,64H,17-63H2,1-4H3/q+1/p+1. The van der Waals surface area contributed by atoms with Gasteiger partial charge in [-0.15, -0.1) is 0 Å². The number of para-hydroxylation sites is 1. The van der Waals surface area contributed by atoms with Crippen LogP contribution in [0.4, 0.5) is 11.4 Å². The highest BCUT2D eigenvalue weighted by atomic mass is 16.6. The number of hydrogen-bond acceptors (Lipinski definition) is 24. The van der Waals surface area contributed by atoms with E-state index in [0.717, 1.165) is 5.69 Å². The molecule has 26 heteroatoms. The molecule has 96 heavy (non-hydrogen) atoms. The van der Waals surface area contributed by atoms with Crippen LogP contribution in [0.1, 0.15) is 25.0 Å². The number of nitrogens with one attached hydrogen (secondary N) is 1. The maximum Gasteiger partial charge on any atom is 0.215 e. The Kier molecular flexibility index (Phi) is 60.5. The van der Waals surface area contributed by atoms with E-state index in [1.165, 1.54) is 22.5 Å². The summed E-state index contributed by atoms with van der Waals surface area (Å²) in [5.41, 5.74) is 5.79. The van der Waals surface area contributed by atoms with E-state index in [0.29, 0.717) is 311 Å². The SMILES string of the molecule is COCCOCCOCCOCCOCCOCCOCCOCCOCCOCCOCCOCCOCCOCCOCCOCCOCCOCCOCCOCCOCCOCCOCCOCC=[N+]1C(=CC=CC=[NH+]c2ccccc2)C(C)(C)c2cc(C)ccc21. The van der Waals surface area contributed by atoms with Gasteiger partial charge in [0, 0.05) is 43.0 Å². The molecule has 1 N–H and O–H groups in total. The lowest BCUT2D eigenvalue weighted by Crippen LogP contribution is -2.60. The highest BCUT2D eigenvalue weighted by molar-refractivity contribution is 5.67. The van der Waals surface area contributed by atoms with Crippen molar-refractivity contribution >= 4 is 23.8 Å². The summed E-state index contributed by atoms with van der Waals surface area (Å²) >= 11 is 0. The number of ether oxygens (including phenoxy) is 24. The Morgan fingerprint density at radius 2 is 0.583 bits per heavy atom.